The van der Waals surface area contributed by atoms with Gasteiger partial charge < -0.3 is 9.47 Å². The number of ether oxygens (including phenoxy) is 2. The van der Waals surface area contributed by atoms with Crippen molar-refractivity contribution in [2.24, 2.45) is 0 Å². The van der Waals surface area contributed by atoms with Crippen molar-refractivity contribution in [3.8, 4) is 23.0 Å². The van der Waals surface area contributed by atoms with Gasteiger partial charge in [0.25, 0.3) is 5.88 Å². The third kappa shape index (κ3) is 2.23. The van der Waals surface area contributed by atoms with Crippen molar-refractivity contribution in [1.29, 1.82) is 0 Å². The lowest BCUT2D eigenvalue weighted by Gasteiger charge is -2.09. The van der Waals surface area contributed by atoms with E-state index in [0.29, 0.717) is 18.1 Å². The van der Waals surface area contributed by atoms with Crippen molar-refractivity contribution >= 4 is 16.7 Å². The molecule has 4 aromatic rings. The van der Waals surface area contributed by atoms with E-state index in [1.165, 1.54) is 0 Å². The summed E-state index contributed by atoms with van der Waals surface area (Å²) in [5.74, 6) is 2.03. The van der Waals surface area contributed by atoms with Gasteiger partial charge in [-0.2, -0.15) is 0 Å². The highest BCUT2D eigenvalue weighted by Crippen LogP contribution is 2.28. The largest absolute Gasteiger partial charge is 0.497 e. The van der Waals surface area contributed by atoms with Gasteiger partial charge in [0.2, 0.25) is 5.65 Å². The minimum atomic E-state index is 0.489. The number of benzene rings is 2. The normalized spacial score (nSPS) is 11.1. The van der Waals surface area contributed by atoms with Gasteiger partial charge in [-0.25, -0.2) is 4.98 Å². The van der Waals surface area contributed by atoms with Crippen LogP contribution in [-0.4, -0.2) is 33.3 Å². The van der Waals surface area contributed by atoms with E-state index in [-0.39, 0.29) is 0 Å². The van der Waals surface area contributed by atoms with E-state index in [0.717, 1.165) is 28.2 Å². The third-order valence-electron chi connectivity index (χ3n) is 3.83. The first kappa shape index (κ1) is 14.4. The summed E-state index contributed by atoms with van der Waals surface area (Å²) in [4.78, 5) is 4.56. The van der Waals surface area contributed by atoms with Gasteiger partial charge in [0.1, 0.15) is 5.75 Å². The van der Waals surface area contributed by atoms with Gasteiger partial charge in [-0.3, -0.25) is 4.40 Å². The van der Waals surface area contributed by atoms with E-state index >= 15 is 0 Å². The molecule has 2 aromatic carbocycles. The van der Waals surface area contributed by atoms with Gasteiger partial charge in [-0.15, -0.1) is 10.2 Å². The Balaban J connectivity index is 2.02. The molecule has 6 heteroatoms. The number of aromatic nitrogens is 4. The highest BCUT2D eigenvalue weighted by Gasteiger charge is 2.16. The highest BCUT2D eigenvalue weighted by atomic mass is 16.5. The summed E-state index contributed by atoms with van der Waals surface area (Å²) in [6, 6.07) is 15.6. The molecule has 24 heavy (non-hydrogen) atoms. The molecule has 0 aliphatic rings. The Morgan fingerprint density at radius 3 is 2.54 bits per heavy atom. The maximum absolute atomic E-state index is 5.66. The molecule has 0 unspecified atom stereocenters. The summed E-state index contributed by atoms with van der Waals surface area (Å²) in [6.45, 7) is 2.44. The van der Waals surface area contributed by atoms with Crippen LogP contribution in [-0.2, 0) is 0 Å². The molecule has 0 spiro atoms. The number of hydrogen-bond acceptors (Lipinski definition) is 5. The summed E-state index contributed by atoms with van der Waals surface area (Å²) < 4.78 is 12.9. The van der Waals surface area contributed by atoms with Gasteiger partial charge in [-0.1, -0.05) is 12.1 Å². The Kier molecular flexibility index (Phi) is 3.49. The van der Waals surface area contributed by atoms with Crippen LogP contribution in [0.25, 0.3) is 28.1 Å². The van der Waals surface area contributed by atoms with Gasteiger partial charge in [0.05, 0.1) is 24.8 Å². The second-order valence-electron chi connectivity index (χ2n) is 5.25. The van der Waals surface area contributed by atoms with E-state index in [2.05, 4.69) is 15.2 Å². The molecule has 0 bridgehead atoms. The van der Waals surface area contributed by atoms with Gasteiger partial charge in [0.15, 0.2) is 5.82 Å². The molecular weight excluding hydrogens is 304 g/mol. The Labute approximate surface area is 138 Å². The number of rotatable bonds is 4. The molecule has 120 valence electrons. The van der Waals surface area contributed by atoms with Crippen LogP contribution in [0, 0.1) is 0 Å². The first-order valence-electron chi connectivity index (χ1n) is 7.73. The molecule has 0 radical (unpaired) electrons. The van der Waals surface area contributed by atoms with Crippen LogP contribution in [0.2, 0.25) is 0 Å². The molecule has 0 N–H and O–H groups in total. The molecule has 4 rings (SSSR count). The van der Waals surface area contributed by atoms with Crippen molar-refractivity contribution in [3.05, 3.63) is 48.5 Å². The average molecular weight is 320 g/mol. The van der Waals surface area contributed by atoms with Crippen LogP contribution in [0.15, 0.2) is 48.5 Å². The fraction of sp³-hybridized carbons (Fsp3) is 0.167. The maximum atomic E-state index is 5.66. The Hall–Kier alpha value is -3.15. The fourth-order valence-electron chi connectivity index (χ4n) is 2.72. The number of fused-ring (bicyclic) bond motifs is 3. The molecule has 6 nitrogen and oxygen atoms in total. The van der Waals surface area contributed by atoms with E-state index in [1.807, 2.05) is 59.9 Å². The number of para-hydroxylation sites is 2. The molecule has 0 atom stereocenters. The monoisotopic (exact) mass is 320 g/mol. The lowest BCUT2D eigenvalue weighted by molar-refractivity contribution is 0.330. The second-order valence-corrected chi connectivity index (χ2v) is 5.25. The van der Waals surface area contributed by atoms with Crippen LogP contribution in [0.3, 0.4) is 0 Å². The van der Waals surface area contributed by atoms with Crippen LogP contribution >= 0.6 is 0 Å². The van der Waals surface area contributed by atoms with Crippen LogP contribution in [0.4, 0.5) is 0 Å². The molecular formula is C18H16N4O2. The molecule has 0 amide bonds. The molecule has 0 fully saturated rings. The minimum absolute atomic E-state index is 0.489. The van der Waals surface area contributed by atoms with Crippen LogP contribution in [0.5, 0.6) is 11.6 Å². The molecule has 0 aliphatic heterocycles. The van der Waals surface area contributed by atoms with Gasteiger partial charge in [0, 0.05) is 5.56 Å². The number of hydrogen-bond donors (Lipinski definition) is 0. The topological polar surface area (TPSA) is 61.5 Å². The Morgan fingerprint density at radius 2 is 1.79 bits per heavy atom. The summed E-state index contributed by atoms with van der Waals surface area (Å²) in [5, 5.41) is 8.67. The summed E-state index contributed by atoms with van der Waals surface area (Å²) in [5.41, 5.74) is 3.33. The number of methoxy groups -OCH3 is 1. The van der Waals surface area contributed by atoms with Crippen LogP contribution in [0.1, 0.15) is 6.92 Å². The first-order valence-corrected chi connectivity index (χ1v) is 7.73. The Morgan fingerprint density at radius 1 is 1.00 bits per heavy atom. The molecule has 0 saturated carbocycles. The van der Waals surface area contributed by atoms with Gasteiger partial charge in [-0.05, 0) is 43.3 Å². The van der Waals surface area contributed by atoms with E-state index in [4.69, 9.17) is 9.47 Å². The summed E-state index contributed by atoms with van der Waals surface area (Å²) >= 11 is 0. The zero-order valence-electron chi connectivity index (χ0n) is 13.4. The SMILES string of the molecule is CCOc1nc2ccccc2n2c(-c3ccc(OC)cc3)nnc12. The lowest BCUT2D eigenvalue weighted by atomic mass is 10.2. The second kappa shape index (κ2) is 5.81. The fourth-order valence-corrected chi connectivity index (χ4v) is 2.72. The third-order valence-corrected chi connectivity index (χ3v) is 3.83. The lowest BCUT2D eigenvalue weighted by Crippen LogP contribution is -2.01. The highest BCUT2D eigenvalue weighted by molar-refractivity contribution is 5.82. The van der Waals surface area contributed by atoms with E-state index in [9.17, 15) is 0 Å². The smallest absolute Gasteiger partial charge is 0.260 e. The Bertz CT molecular complexity index is 1010. The van der Waals surface area contributed by atoms with Crippen LogP contribution < -0.4 is 9.47 Å². The molecule has 2 heterocycles. The quantitative estimate of drug-likeness (QED) is 0.577. The molecule has 2 aromatic heterocycles. The predicted molar refractivity (Wildman–Crippen MR) is 91.4 cm³/mol. The zero-order valence-corrected chi connectivity index (χ0v) is 13.4. The summed E-state index contributed by atoms with van der Waals surface area (Å²) in [6.07, 6.45) is 0. The number of nitrogens with zero attached hydrogens (tertiary/aromatic N) is 4. The van der Waals surface area contributed by atoms with Crippen molar-refractivity contribution in [2.75, 3.05) is 13.7 Å². The first-order chi connectivity index (χ1) is 11.8. The van der Waals surface area contributed by atoms with E-state index in [1.54, 1.807) is 7.11 Å². The average Bonchev–Trinajstić information content (AvgIpc) is 3.08. The standard InChI is InChI=1S/C18H16N4O2/c1-3-24-18-17-21-20-16(12-8-10-13(23-2)11-9-12)22(17)15-7-5-4-6-14(15)19-18/h4-11H,3H2,1-2H3. The molecule has 0 aliphatic carbocycles. The molecule has 0 saturated heterocycles. The van der Waals surface area contributed by atoms with Crippen molar-refractivity contribution < 1.29 is 9.47 Å². The zero-order chi connectivity index (χ0) is 16.5. The van der Waals surface area contributed by atoms with Gasteiger partial charge >= 0.3 is 0 Å². The van der Waals surface area contributed by atoms with E-state index < -0.39 is 0 Å². The predicted octanol–water partition coefficient (Wildman–Crippen LogP) is 3.35. The summed E-state index contributed by atoms with van der Waals surface area (Å²) in [7, 11) is 1.65. The minimum Gasteiger partial charge on any atom is -0.497 e. The van der Waals surface area contributed by atoms with Crippen molar-refractivity contribution in [3.63, 3.8) is 0 Å². The maximum Gasteiger partial charge on any atom is 0.260 e. The van der Waals surface area contributed by atoms with Crippen molar-refractivity contribution in [2.45, 2.75) is 6.92 Å². The van der Waals surface area contributed by atoms with Crippen molar-refractivity contribution in [1.82, 2.24) is 19.6 Å².